The van der Waals surface area contributed by atoms with Gasteiger partial charge in [-0.05, 0) is 47.5 Å². The molecular formula is C21H38N4O4. The van der Waals surface area contributed by atoms with E-state index in [1.54, 1.807) is 4.90 Å². The third kappa shape index (κ3) is 6.87. The number of ether oxygens (including phenoxy) is 1. The minimum atomic E-state index is -0.535. The average molecular weight is 411 g/mol. The van der Waals surface area contributed by atoms with E-state index in [4.69, 9.17) is 4.74 Å². The molecule has 2 fully saturated rings. The smallest absolute Gasteiger partial charge is 0.410 e. The molecule has 0 saturated carbocycles. The summed E-state index contributed by atoms with van der Waals surface area (Å²) < 4.78 is 5.46. The van der Waals surface area contributed by atoms with Gasteiger partial charge in [0.15, 0.2) is 0 Å². The van der Waals surface area contributed by atoms with E-state index >= 15 is 0 Å². The molecule has 8 heteroatoms. The van der Waals surface area contributed by atoms with Gasteiger partial charge in [0.05, 0.1) is 12.5 Å². The summed E-state index contributed by atoms with van der Waals surface area (Å²) in [7, 11) is 0. The Balaban J connectivity index is 1.82. The van der Waals surface area contributed by atoms with Crippen LogP contribution in [0.4, 0.5) is 4.79 Å². The minimum absolute atomic E-state index is 0.118. The molecule has 0 spiro atoms. The molecule has 2 rings (SSSR count). The number of carbonyl (C=O) groups excluding carboxylic acids is 3. The third-order valence-corrected chi connectivity index (χ3v) is 5.58. The van der Waals surface area contributed by atoms with Gasteiger partial charge in [0, 0.05) is 52.4 Å². The number of carbonyl (C=O) groups is 3. The van der Waals surface area contributed by atoms with Crippen LogP contribution in [0.25, 0.3) is 0 Å². The Hall–Kier alpha value is -1.83. The number of likely N-dealkylation sites (tertiary alicyclic amines) is 1. The highest BCUT2D eigenvalue weighted by molar-refractivity contribution is 5.80. The second kappa shape index (κ2) is 10.3. The Morgan fingerprint density at radius 1 is 0.966 bits per heavy atom. The Labute approximate surface area is 175 Å². The topological polar surface area (TPSA) is 73.4 Å². The normalized spacial score (nSPS) is 21.1. The molecule has 2 aliphatic heterocycles. The first-order valence-electron chi connectivity index (χ1n) is 10.9. The molecule has 2 saturated heterocycles. The molecule has 0 aliphatic carbocycles. The zero-order valence-electron chi connectivity index (χ0n) is 18.8. The van der Waals surface area contributed by atoms with E-state index < -0.39 is 5.60 Å². The summed E-state index contributed by atoms with van der Waals surface area (Å²) in [5.41, 5.74) is -0.535. The molecule has 29 heavy (non-hydrogen) atoms. The van der Waals surface area contributed by atoms with Crippen molar-refractivity contribution >= 4 is 17.9 Å². The van der Waals surface area contributed by atoms with Crippen LogP contribution in [-0.4, -0.2) is 102 Å². The second-order valence-corrected chi connectivity index (χ2v) is 8.93. The summed E-state index contributed by atoms with van der Waals surface area (Å²) in [6.07, 6.45) is 1.28. The Morgan fingerprint density at radius 3 is 2.14 bits per heavy atom. The number of rotatable bonds is 5. The highest BCUT2D eigenvalue weighted by atomic mass is 16.6. The van der Waals surface area contributed by atoms with Crippen molar-refractivity contribution in [2.75, 3.05) is 58.9 Å². The van der Waals surface area contributed by atoms with E-state index in [-0.39, 0.29) is 23.8 Å². The number of hydrogen-bond acceptors (Lipinski definition) is 5. The van der Waals surface area contributed by atoms with Gasteiger partial charge in [-0.15, -0.1) is 0 Å². The molecule has 0 radical (unpaired) electrons. The maximum absolute atomic E-state index is 13.0. The van der Waals surface area contributed by atoms with Crippen LogP contribution in [0.15, 0.2) is 0 Å². The molecule has 0 aromatic carbocycles. The fraction of sp³-hybridized carbons (Fsp3) is 0.857. The summed E-state index contributed by atoms with van der Waals surface area (Å²) in [5, 5.41) is 0. The average Bonchev–Trinajstić information content (AvgIpc) is 2.68. The van der Waals surface area contributed by atoms with Crippen molar-refractivity contribution in [3.63, 3.8) is 0 Å². The van der Waals surface area contributed by atoms with Crippen molar-refractivity contribution in [2.24, 2.45) is 5.92 Å². The van der Waals surface area contributed by atoms with Gasteiger partial charge in [-0.2, -0.15) is 0 Å². The fourth-order valence-corrected chi connectivity index (χ4v) is 3.92. The zero-order valence-corrected chi connectivity index (χ0v) is 18.8. The predicted octanol–water partition coefficient (Wildman–Crippen LogP) is 1.65. The lowest BCUT2D eigenvalue weighted by atomic mass is 9.96. The Kier molecular flexibility index (Phi) is 8.31. The van der Waals surface area contributed by atoms with Crippen molar-refractivity contribution in [3.05, 3.63) is 0 Å². The highest BCUT2D eigenvalue weighted by Crippen LogP contribution is 2.22. The summed E-state index contributed by atoms with van der Waals surface area (Å²) in [4.78, 5) is 45.1. The first-order chi connectivity index (χ1) is 13.6. The molecule has 1 unspecified atom stereocenters. The molecule has 0 bridgehead atoms. The van der Waals surface area contributed by atoms with Crippen LogP contribution >= 0.6 is 0 Å². The zero-order chi connectivity index (χ0) is 21.6. The van der Waals surface area contributed by atoms with Crippen LogP contribution in [0.2, 0.25) is 0 Å². The molecule has 0 N–H and O–H groups in total. The molecule has 3 amide bonds. The summed E-state index contributed by atoms with van der Waals surface area (Å²) >= 11 is 0. The van der Waals surface area contributed by atoms with Gasteiger partial charge in [-0.1, -0.05) is 0 Å². The SMILES string of the molecule is CCN(CC)C(=O)CN1CCN(C(=O)C2CCCN(C(=O)OC(C)(C)C)C2)CC1. The second-order valence-electron chi connectivity index (χ2n) is 8.93. The molecule has 2 heterocycles. The van der Waals surface area contributed by atoms with Crippen molar-refractivity contribution in [3.8, 4) is 0 Å². The summed E-state index contributed by atoms with van der Waals surface area (Å²) in [6.45, 7) is 15.1. The molecule has 0 aromatic heterocycles. The van der Waals surface area contributed by atoms with Gasteiger partial charge in [0.2, 0.25) is 11.8 Å². The van der Waals surface area contributed by atoms with Crippen LogP contribution < -0.4 is 0 Å². The standard InChI is InChI=1S/C21H38N4O4/c1-6-23(7-2)18(26)16-22-11-13-24(14-12-22)19(27)17-9-8-10-25(15-17)20(28)29-21(3,4)5/h17H,6-16H2,1-5H3. The number of likely N-dealkylation sites (N-methyl/N-ethyl adjacent to an activating group) is 1. The van der Waals surface area contributed by atoms with Crippen molar-refractivity contribution < 1.29 is 19.1 Å². The summed E-state index contributed by atoms with van der Waals surface area (Å²) in [6, 6.07) is 0. The summed E-state index contributed by atoms with van der Waals surface area (Å²) in [5.74, 6) is 0.100. The molecule has 166 valence electrons. The number of nitrogens with zero attached hydrogens (tertiary/aromatic N) is 4. The molecule has 0 aromatic rings. The fourth-order valence-electron chi connectivity index (χ4n) is 3.92. The number of amides is 3. The first kappa shape index (κ1) is 23.4. The van der Waals surface area contributed by atoms with Crippen LogP contribution in [-0.2, 0) is 14.3 Å². The van der Waals surface area contributed by atoms with Gasteiger partial charge in [0.25, 0.3) is 0 Å². The lowest BCUT2D eigenvalue weighted by molar-refractivity contribution is -0.139. The molecule has 8 nitrogen and oxygen atoms in total. The van der Waals surface area contributed by atoms with E-state index in [0.29, 0.717) is 45.8 Å². The lowest BCUT2D eigenvalue weighted by Gasteiger charge is -2.39. The van der Waals surface area contributed by atoms with Crippen LogP contribution in [0.1, 0.15) is 47.5 Å². The predicted molar refractivity (Wildman–Crippen MR) is 111 cm³/mol. The Morgan fingerprint density at radius 2 is 1.59 bits per heavy atom. The van der Waals surface area contributed by atoms with E-state index in [2.05, 4.69) is 4.90 Å². The Bertz CT molecular complexity index is 578. The van der Waals surface area contributed by atoms with Gasteiger partial charge in [-0.25, -0.2) is 4.79 Å². The van der Waals surface area contributed by atoms with Gasteiger partial charge >= 0.3 is 6.09 Å². The third-order valence-electron chi connectivity index (χ3n) is 5.58. The number of piperazine rings is 1. The maximum Gasteiger partial charge on any atom is 0.410 e. The number of piperidine rings is 1. The van der Waals surface area contributed by atoms with E-state index in [1.165, 1.54) is 0 Å². The molecular weight excluding hydrogens is 372 g/mol. The van der Waals surface area contributed by atoms with Gasteiger partial charge in [0.1, 0.15) is 5.60 Å². The first-order valence-corrected chi connectivity index (χ1v) is 10.9. The van der Waals surface area contributed by atoms with Crippen LogP contribution in [0.3, 0.4) is 0 Å². The van der Waals surface area contributed by atoms with Crippen LogP contribution in [0, 0.1) is 5.92 Å². The quantitative estimate of drug-likeness (QED) is 0.689. The monoisotopic (exact) mass is 410 g/mol. The van der Waals surface area contributed by atoms with Crippen LogP contribution in [0.5, 0.6) is 0 Å². The van der Waals surface area contributed by atoms with E-state index in [9.17, 15) is 14.4 Å². The van der Waals surface area contributed by atoms with Gasteiger partial charge in [-0.3, -0.25) is 14.5 Å². The van der Waals surface area contributed by atoms with Crippen molar-refractivity contribution in [1.29, 1.82) is 0 Å². The molecule has 1 atom stereocenters. The van der Waals surface area contributed by atoms with E-state index in [1.807, 2.05) is 44.4 Å². The van der Waals surface area contributed by atoms with Crippen molar-refractivity contribution in [2.45, 2.75) is 53.1 Å². The minimum Gasteiger partial charge on any atom is -0.444 e. The van der Waals surface area contributed by atoms with E-state index in [0.717, 1.165) is 25.9 Å². The largest absolute Gasteiger partial charge is 0.444 e. The van der Waals surface area contributed by atoms with Gasteiger partial charge < -0.3 is 19.4 Å². The van der Waals surface area contributed by atoms with Crippen molar-refractivity contribution in [1.82, 2.24) is 19.6 Å². The lowest BCUT2D eigenvalue weighted by Crippen LogP contribution is -2.54. The highest BCUT2D eigenvalue weighted by Gasteiger charge is 2.34. The maximum atomic E-state index is 13.0. The number of hydrogen-bond donors (Lipinski definition) is 0. The molecule has 2 aliphatic rings.